The van der Waals surface area contributed by atoms with Crippen LogP contribution < -0.4 is 5.32 Å². The van der Waals surface area contributed by atoms with E-state index < -0.39 is 0 Å². The van der Waals surface area contributed by atoms with Gasteiger partial charge in [0.2, 0.25) is 0 Å². The molecule has 0 unspecified atom stereocenters. The van der Waals surface area contributed by atoms with E-state index in [-0.39, 0.29) is 0 Å². The molecule has 0 amide bonds. The number of nitrogens with one attached hydrogen (secondary N) is 2. The second-order valence-corrected chi connectivity index (χ2v) is 5.79. The van der Waals surface area contributed by atoms with Crippen LogP contribution >= 0.6 is 11.6 Å². The molecule has 0 saturated carbocycles. The number of fused-ring (bicyclic) bond motifs is 1. The van der Waals surface area contributed by atoms with E-state index in [0.717, 1.165) is 22.5 Å². The maximum Gasteiger partial charge on any atom is 0.180 e. The molecule has 2 aromatic heterocycles. The monoisotopic (exact) mass is 335 g/mol. The second-order valence-electron chi connectivity index (χ2n) is 5.38. The molecule has 118 valence electrons. The van der Waals surface area contributed by atoms with E-state index in [1.807, 2.05) is 48.5 Å². The molecule has 5 nitrogen and oxygen atoms in total. The molecular weight excluding hydrogens is 322 g/mol. The van der Waals surface area contributed by atoms with Crippen LogP contribution in [0.15, 0.2) is 60.7 Å². The number of H-pyrrole nitrogens is 1. The fourth-order valence-corrected chi connectivity index (χ4v) is 2.77. The Labute approximate surface area is 143 Å². The van der Waals surface area contributed by atoms with Crippen LogP contribution in [0.25, 0.3) is 22.3 Å². The fraction of sp³-hybridized carbons (Fsp3) is 0.0556. The zero-order chi connectivity index (χ0) is 16.4. The summed E-state index contributed by atoms with van der Waals surface area (Å²) in [4.78, 5) is 0. The van der Waals surface area contributed by atoms with Crippen LogP contribution in [0.3, 0.4) is 0 Å². The Morgan fingerprint density at radius 3 is 2.58 bits per heavy atom. The van der Waals surface area contributed by atoms with Crippen LogP contribution in [0.1, 0.15) is 5.56 Å². The van der Waals surface area contributed by atoms with Gasteiger partial charge < -0.3 is 5.32 Å². The third kappa shape index (κ3) is 2.81. The summed E-state index contributed by atoms with van der Waals surface area (Å²) in [7, 11) is 0. The molecule has 0 atom stereocenters. The van der Waals surface area contributed by atoms with Crippen LogP contribution in [-0.2, 0) is 6.54 Å². The number of aromatic nitrogens is 4. The summed E-state index contributed by atoms with van der Waals surface area (Å²) in [5.74, 6) is 0.747. The average Bonchev–Trinajstić information content (AvgIpc) is 3.03. The van der Waals surface area contributed by atoms with Crippen molar-refractivity contribution in [1.82, 2.24) is 20.4 Å². The van der Waals surface area contributed by atoms with Gasteiger partial charge in [-0.3, -0.25) is 5.10 Å². The van der Waals surface area contributed by atoms with Crippen molar-refractivity contribution in [3.05, 3.63) is 71.2 Å². The quantitative estimate of drug-likeness (QED) is 0.584. The zero-order valence-electron chi connectivity index (χ0n) is 12.7. The molecule has 0 aliphatic rings. The predicted molar refractivity (Wildman–Crippen MR) is 95.9 cm³/mol. The van der Waals surface area contributed by atoms with Crippen LogP contribution in [0.2, 0.25) is 5.02 Å². The minimum Gasteiger partial charge on any atom is -0.364 e. The number of anilines is 1. The average molecular weight is 336 g/mol. The molecule has 0 aliphatic carbocycles. The molecule has 6 heteroatoms. The number of hydrogen-bond donors (Lipinski definition) is 2. The molecular formula is C18H14ClN5. The molecule has 0 bridgehead atoms. The van der Waals surface area contributed by atoms with Gasteiger partial charge in [-0.15, -0.1) is 10.2 Å². The van der Waals surface area contributed by atoms with E-state index in [1.165, 1.54) is 5.56 Å². The van der Waals surface area contributed by atoms with E-state index in [9.17, 15) is 0 Å². The molecule has 4 aromatic rings. The second kappa shape index (κ2) is 6.29. The van der Waals surface area contributed by atoms with E-state index in [2.05, 4.69) is 37.8 Å². The summed E-state index contributed by atoms with van der Waals surface area (Å²) in [6.45, 7) is 0.685. The van der Waals surface area contributed by atoms with Crippen LogP contribution in [0.4, 0.5) is 5.82 Å². The summed E-state index contributed by atoms with van der Waals surface area (Å²) in [6.07, 6.45) is 0. The highest BCUT2D eigenvalue weighted by Gasteiger charge is 2.11. The van der Waals surface area contributed by atoms with Gasteiger partial charge in [0.1, 0.15) is 0 Å². The van der Waals surface area contributed by atoms with Gasteiger partial charge in [0, 0.05) is 12.1 Å². The van der Waals surface area contributed by atoms with Crippen LogP contribution in [-0.4, -0.2) is 20.4 Å². The van der Waals surface area contributed by atoms with Gasteiger partial charge >= 0.3 is 0 Å². The standard InChI is InChI=1S/C18H14ClN5/c19-15-9-5-4-8-13(15)16-10-14-17(22-24-18(14)23-21-16)20-11-12-6-2-1-3-7-12/h1-10H,11H2,(H2,20,22,23,24). The molecule has 0 aliphatic heterocycles. The van der Waals surface area contributed by atoms with Gasteiger partial charge in [-0.1, -0.05) is 60.1 Å². The third-order valence-electron chi connectivity index (χ3n) is 3.78. The topological polar surface area (TPSA) is 66.5 Å². The van der Waals surface area contributed by atoms with E-state index in [0.29, 0.717) is 17.2 Å². The summed E-state index contributed by atoms with van der Waals surface area (Å²) >= 11 is 6.26. The lowest BCUT2D eigenvalue weighted by Gasteiger charge is -2.05. The first-order valence-electron chi connectivity index (χ1n) is 7.56. The Hall–Kier alpha value is -2.92. The number of aromatic amines is 1. The van der Waals surface area contributed by atoms with E-state index >= 15 is 0 Å². The number of nitrogens with zero attached hydrogens (tertiary/aromatic N) is 3. The summed E-state index contributed by atoms with van der Waals surface area (Å²) in [6, 6.07) is 19.7. The highest BCUT2D eigenvalue weighted by molar-refractivity contribution is 6.33. The van der Waals surface area contributed by atoms with Gasteiger partial charge in [-0.2, -0.15) is 5.10 Å². The van der Waals surface area contributed by atoms with Crippen molar-refractivity contribution in [3.8, 4) is 11.3 Å². The minimum atomic E-state index is 0.640. The molecule has 0 saturated heterocycles. The van der Waals surface area contributed by atoms with E-state index in [4.69, 9.17) is 11.6 Å². The molecule has 24 heavy (non-hydrogen) atoms. The van der Waals surface area contributed by atoms with Gasteiger partial charge in [0.25, 0.3) is 0 Å². The first-order valence-corrected chi connectivity index (χ1v) is 7.93. The van der Waals surface area contributed by atoms with Crippen molar-refractivity contribution in [3.63, 3.8) is 0 Å². The highest BCUT2D eigenvalue weighted by Crippen LogP contribution is 2.29. The first-order chi connectivity index (χ1) is 11.8. The Morgan fingerprint density at radius 2 is 1.75 bits per heavy atom. The molecule has 2 heterocycles. The SMILES string of the molecule is Clc1ccccc1-c1cc2c(NCc3ccccc3)n[nH]c2nn1. The summed E-state index contributed by atoms with van der Waals surface area (Å²) in [5.41, 5.74) is 3.39. The Kier molecular flexibility index (Phi) is 3.84. The minimum absolute atomic E-state index is 0.640. The number of benzene rings is 2. The zero-order valence-corrected chi connectivity index (χ0v) is 13.5. The van der Waals surface area contributed by atoms with Gasteiger partial charge in [0.05, 0.1) is 16.1 Å². The number of halogens is 1. The summed E-state index contributed by atoms with van der Waals surface area (Å²) in [5, 5.41) is 20.5. The Bertz CT molecular complexity index is 981. The highest BCUT2D eigenvalue weighted by atomic mass is 35.5. The maximum atomic E-state index is 6.26. The van der Waals surface area contributed by atoms with Gasteiger partial charge in [-0.25, -0.2) is 0 Å². The van der Waals surface area contributed by atoms with Gasteiger partial charge in [0.15, 0.2) is 11.5 Å². The normalized spacial score (nSPS) is 10.9. The van der Waals surface area contributed by atoms with Crippen molar-refractivity contribution in [2.24, 2.45) is 0 Å². The molecule has 0 radical (unpaired) electrons. The third-order valence-corrected chi connectivity index (χ3v) is 4.10. The molecule has 0 spiro atoms. The van der Waals surface area contributed by atoms with Crippen molar-refractivity contribution in [1.29, 1.82) is 0 Å². The lowest BCUT2D eigenvalue weighted by Crippen LogP contribution is -2.00. The maximum absolute atomic E-state index is 6.26. The van der Waals surface area contributed by atoms with Crippen molar-refractivity contribution < 1.29 is 0 Å². The largest absolute Gasteiger partial charge is 0.364 e. The van der Waals surface area contributed by atoms with E-state index in [1.54, 1.807) is 0 Å². The molecule has 0 fully saturated rings. The van der Waals surface area contributed by atoms with Crippen molar-refractivity contribution in [2.75, 3.05) is 5.32 Å². The smallest absolute Gasteiger partial charge is 0.180 e. The van der Waals surface area contributed by atoms with Crippen LogP contribution in [0.5, 0.6) is 0 Å². The molecule has 2 N–H and O–H groups in total. The lowest BCUT2D eigenvalue weighted by molar-refractivity contribution is 1.02. The number of hydrogen-bond acceptors (Lipinski definition) is 4. The lowest BCUT2D eigenvalue weighted by atomic mass is 10.1. The van der Waals surface area contributed by atoms with Gasteiger partial charge in [-0.05, 0) is 17.7 Å². The molecule has 4 rings (SSSR count). The Balaban J connectivity index is 1.68. The molecule has 2 aromatic carbocycles. The number of rotatable bonds is 4. The fourth-order valence-electron chi connectivity index (χ4n) is 2.54. The first kappa shape index (κ1) is 14.7. The van der Waals surface area contributed by atoms with Crippen LogP contribution in [0, 0.1) is 0 Å². The van der Waals surface area contributed by atoms with Crippen molar-refractivity contribution in [2.45, 2.75) is 6.54 Å². The van der Waals surface area contributed by atoms with Crippen molar-refractivity contribution >= 4 is 28.5 Å². The predicted octanol–water partition coefficient (Wildman–Crippen LogP) is 4.29. The Morgan fingerprint density at radius 1 is 0.958 bits per heavy atom. The summed E-state index contributed by atoms with van der Waals surface area (Å²) < 4.78 is 0.